The number of hydrogen-bond acceptors (Lipinski definition) is 4. The van der Waals surface area contributed by atoms with Gasteiger partial charge in [-0.05, 0) is 11.4 Å². The van der Waals surface area contributed by atoms with Gasteiger partial charge in [0.2, 0.25) is 0 Å². The normalized spacial score (nSPS) is 9.83. The van der Waals surface area contributed by atoms with Crippen molar-refractivity contribution in [2.24, 2.45) is 0 Å². The highest BCUT2D eigenvalue weighted by molar-refractivity contribution is 7.12. The molecule has 1 aromatic heterocycles. The largest absolute Gasteiger partial charge is 0.383 e. The van der Waals surface area contributed by atoms with Gasteiger partial charge in [-0.15, -0.1) is 11.3 Å². The van der Waals surface area contributed by atoms with Crippen molar-refractivity contribution in [1.29, 1.82) is 0 Å². The molecule has 0 bridgehead atoms. The van der Waals surface area contributed by atoms with Gasteiger partial charge in [-0.2, -0.15) is 0 Å². The number of methoxy groups -OCH3 is 1. The monoisotopic (exact) mass is 271 g/mol. The van der Waals surface area contributed by atoms with Crippen LogP contribution in [0.5, 0.6) is 0 Å². The Hall–Kier alpha value is -1.60. The van der Waals surface area contributed by atoms with Gasteiger partial charge < -0.3 is 20.7 Å². The molecular formula is C11H17N3O3S. The molecule has 0 fully saturated rings. The molecule has 0 aliphatic heterocycles. The summed E-state index contributed by atoms with van der Waals surface area (Å²) in [7, 11) is 1.57. The Labute approximate surface area is 110 Å². The smallest absolute Gasteiger partial charge is 0.314 e. The second-order valence-corrected chi connectivity index (χ2v) is 4.36. The SMILES string of the molecule is COCCNC(=O)NCCNC(=O)c1cccs1. The van der Waals surface area contributed by atoms with Crippen molar-refractivity contribution in [2.75, 3.05) is 33.4 Å². The molecule has 0 radical (unpaired) electrons. The summed E-state index contributed by atoms with van der Waals surface area (Å²) in [5, 5.41) is 9.79. The Bertz CT molecular complexity index is 368. The molecule has 7 heteroatoms. The van der Waals surface area contributed by atoms with E-state index in [1.807, 2.05) is 11.4 Å². The van der Waals surface area contributed by atoms with Crippen molar-refractivity contribution < 1.29 is 14.3 Å². The van der Waals surface area contributed by atoms with Gasteiger partial charge >= 0.3 is 6.03 Å². The van der Waals surface area contributed by atoms with E-state index in [1.54, 1.807) is 13.2 Å². The van der Waals surface area contributed by atoms with E-state index in [0.717, 1.165) is 0 Å². The number of nitrogens with one attached hydrogen (secondary N) is 3. The van der Waals surface area contributed by atoms with Crippen molar-refractivity contribution in [1.82, 2.24) is 16.0 Å². The number of carbonyl (C=O) groups is 2. The molecule has 1 rings (SSSR count). The lowest BCUT2D eigenvalue weighted by Gasteiger charge is -2.07. The van der Waals surface area contributed by atoms with E-state index in [-0.39, 0.29) is 11.9 Å². The molecule has 1 heterocycles. The van der Waals surface area contributed by atoms with E-state index in [4.69, 9.17) is 4.74 Å². The molecule has 6 nitrogen and oxygen atoms in total. The number of thiophene rings is 1. The van der Waals surface area contributed by atoms with Crippen LogP contribution in [0.15, 0.2) is 17.5 Å². The lowest BCUT2D eigenvalue weighted by Crippen LogP contribution is -2.41. The summed E-state index contributed by atoms with van der Waals surface area (Å²) in [6.45, 7) is 1.72. The van der Waals surface area contributed by atoms with Gasteiger partial charge in [-0.25, -0.2) is 4.79 Å². The van der Waals surface area contributed by atoms with E-state index < -0.39 is 0 Å². The van der Waals surface area contributed by atoms with Crippen LogP contribution >= 0.6 is 11.3 Å². The number of amides is 3. The first-order chi connectivity index (χ1) is 8.74. The van der Waals surface area contributed by atoms with Gasteiger partial charge in [-0.1, -0.05) is 6.07 Å². The highest BCUT2D eigenvalue weighted by atomic mass is 32.1. The quantitative estimate of drug-likeness (QED) is 0.629. The molecular weight excluding hydrogens is 254 g/mol. The second kappa shape index (κ2) is 8.48. The third-order valence-corrected chi connectivity index (χ3v) is 2.90. The van der Waals surface area contributed by atoms with Crippen LogP contribution in [0.2, 0.25) is 0 Å². The van der Waals surface area contributed by atoms with Gasteiger partial charge in [0.15, 0.2) is 0 Å². The maximum atomic E-state index is 11.5. The van der Waals surface area contributed by atoms with Crippen LogP contribution < -0.4 is 16.0 Å². The minimum atomic E-state index is -0.266. The molecule has 0 aromatic carbocycles. The van der Waals surface area contributed by atoms with Crippen molar-refractivity contribution in [3.63, 3.8) is 0 Å². The van der Waals surface area contributed by atoms with Crippen molar-refractivity contribution in [2.45, 2.75) is 0 Å². The fourth-order valence-electron chi connectivity index (χ4n) is 1.18. The standard InChI is InChI=1S/C11H17N3O3S/c1-17-7-6-14-11(16)13-5-4-12-10(15)9-3-2-8-18-9/h2-3,8H,4-7H2,1H3,(H,12,15)(H2,13,14,16). The van der Waals surface area contributed by atoms with Crippen LogP contribution in [0.25, 0.3) is 0 Å². The molecule has 0 aliphatic carbocycles. The topological polar surface area (TPSA) is 79.5 Å². The van der Waals surface area contributed by atoms with Crippen molar-refractivity contribution >= 4 is 23.3 Å². The van der Waals surface area contributed by atoms with Gasteiger partial charge in [0.05, 0.1) is 11.5 Å². The number of urea groups is 1. The molecule has 3 N–H and O–H groups in total. The lowest BCUT2D eigenvalue weighted by molar-refractivity contribution is 0.0958. The first-order valence-corrected chi connectivity index (χ1v) is 6.44. The van der Waals surface area contributed by atoms with E-state index in [2.05, 4.69) is 16.0 Å². The molecule has 0 spiro atoms. The third kappa shape index (κ3) is 5.65. The average molecular weight is 271 g/mol. The number of ether oxygens (including phenoxy) is 1. The van der Waals surface area contributed by atoms with Gasteiger partial charge in [0.25, 0.3) is 5.91 Å². The summed E-state index contributed by atoms with van der Waals surface area (Å²) in [5.41, 5.74) is 0. The van der Waals surface area contributed by atoms with Gasteiger partial charge in [-0.3, -0.25) is 4.79 Å². The van der Waals surface area contributed by atoms with Crippen LogP contribution in [0.1, 0.15) is 9.67 Å². The van der Waals surface area contributed by atoms with Gasteiger partial charge in [0.1, 0.15) is 0 Å². The first kappa shape index (κ1) is 14.5. The first-order valence-electron chi connectivity index (χ1n) is 5.56. The fraction of sp³-hybridized carbons (Fsp3) is 0.455. The molecule has 100 valence electrons. The highest BCUT2D eigenvalue weighted by Gasteiger charge is 2.05. The van der Waals surface area contributed by atoms with E-state index >= 15 is 0 Å². The zero-order chi connectivity index (χ0) is 13.2. The Morgan fingerprint density at radius 3 is 2.61 bits per heavy atom. The zero-order valence-corrected chi connectivity index (χ0v) is 11.0. The number of hydrogen-bond donors (Lipinski definition) is 3. The lowest BCUT2D eigenvalue weighted by atomic mass is 10.4. The van der Waals surface area contributed by atoms with Crippen molar-refractivity contribution in [3.05, 3.63) is 22.4 Å². The Kier molecular flexibility index (Phi) is 6.82. The van der Waals surface area contributed by atoms with Crippen molar-refractivity contribution in [3.8, 4) is 0 Å². The van der Waals surface area contributed by atoms with E-state index in [1.165, 1.54) is 11.3 Å². The van der Waals surface area contributed by atoms with Gasteiger partial charge in [0, 0.05) is 26.7 Å². The summed E-state index contributed by atoms with van der Waals surface area (Å²) >= 11 is 1.38. The highest BCUT2D eigenvalue weighted by Crippen LogP contribution is 2.07. The van der Waals surface area contributed by atoms with Crippen LogP contribution in [-0.2, 0) is 4.74 Å². The Morgan fingerprint density at radius 2 is 1.94 bits per heavy atom. The summed E-state index contributed by atoms with van der Waals surface area (Å²) in [5.74, 6) is -0.119. The maximum absolute atomic E-state index is 11.5. The predicted molar refractivity (Wildman–Crippen MR) is 69.9 cm³/mol. The molecule has 0 aliphatic rings. The molecule has 0 saturated heterocycles. The molecule has 0 saturated carbocycles. The summed E-state index contributed by atoms with van der Waals surface area (Å²) in [6.07, 6.45) is 0. The fourth-order valence-corrected chi connectivity index (χ4v) is 1.82. The molecule has 0 unspecified atom stereocenters. The summed E-state index contributed by atoms with van der Waals surface area (Å²) in [6, 6.07) is 3.31. The predicted octanol–water partition coefficient (Wildman–Crippen LogP) is 0.423. The van der Waals surface area contributed by atoms with E-state index in [0.29, 0.717) is 31.1 Å². The molecule has 3 amide bonds. The number of carbonyl (C=O) groups excluding carboxylic acids is 2. The second-order valence-electron chi connectivity index (χ2n) is 3.41. The summed E-state index contributed by atoms with van der Waals surface area (Å²) in [4.78, 5) is 23.4. The van der Waals surface area contributed by atoms with E-state index in [9.17, 15) is 9.59 Å². The molecule has 1 aromatic rings. The summed E-state index contributed by atoms with van der Waals surface area (Å²) < 4.78 is 4.79. The number of rotatable bonds is 7. The maximum Gasteiger partial charge on any atom is 0.314 e. The zero-order valence-electron chi connectivity index (χ0n) is 10.2. The minimum absolute atomic E-state index is 0.119. The molecule has 18 heavy (non-hydrogen) atoms. The van der Waals surface area contributed by atoms with Crippen LogP contribution in [0.3, 0.4) is 0 Å². The minimum Gasteiger partial charge on any atom is -0.383 e. The third-order valence-electron chi connectivity index (χ3n) is 2.03. The van der Waals surface area contributed by atoms with Crippen LogP contribution in [0, 0.1) is 0 Å². The Balaban J connectivity index is 2.04. The van der Waals surface area contributed by atoms with Crippen LogP contribution in [-0.4, -0.2) is 45.3 Å². The average Bonchev–Trinajstić information content (AvgIpc) is 2.88. The van der Waals surface area contributed by atoms with Crippen LogP contribution in [0.4, 0.5) is 4.79 Å². The Morgan fingerprint density at radius 1 is 1.22 bits per heavy atom. The molecule has 0 atom stereocenters.